The smallest absolute Gasteiger partial charge is 0.416 e. The molecule has 0 radical (unpaired) electrons. The molecule has 3 rings (SSSR count). The van der Waals surface area contributed by atoms with Gasteiger partial charge >= 0.3 is 6.18 Å². The van der Waals surface area contributed by atoms with E-state index in [4.69, 9.17) is 10.2 Å². The van der Waals surface area contributed by atoms with Gasteiger partial charge in [0.25, 0.3) is 0 Å². The molecule has 2 N–H and O–H groups in total. The van der Waals surface area contributed by atoms with Crippen LogP contribution in [0.2, 0.25) is 0 Å². The third-order valence-electron chi connectivity index (χ3n) is 3.31. The van der Waals surface area contributed by atoms with E-state index < -0.39 is 11.7 Å². The second-order valence-electron chi connectivity index (χ2n) is 4.79. The maximum Gasteiger partial charge on any atom is 0.416 e. The first-order valence-electron chi connectivity index (χ1n) is 5.98. The Balaban J connectivity index is 1.91. The summed E-state index contributed by atoms with van der Waals surface area (Å²) >= 11 is 0. The van der Waals surface area contributed by atoms with Crippen LogP contribution in [-0.2, 0) is 6.18 Å². The molecule has 1 saturated carbocycles. The van der Waals surface area contributed by atoms with E-state index >= 15 is 0 Å². The van der Waals surface area contributed by atoms with E-state index in [2.05, 4.69) is 0 Å². The molecule has 1 fully saturated rings. The van der Waals surface area contributed by atoms with Gasteiger partial charge in [-0.2, -0.15) is 13.2 Å². The number of halogens is 3. The van der Waals surface area contributed by atoms with Crippen LogP contribution in [0.15, 0.2) is 40.8 Å². The monoisotopic (exact) mass is 267 g/mol. The summed E-state index contributed by atoms with van der Waals surface area (Å²) in [6.45, 7) is 0. The van der Waals surface area contributed by atoms with Crippen LogP contribution < -0.4 is 5.73 Å². The zero-order chi connectivity index (χ0) is 13.6. The van der Waals surface area contributed by atoms with Crippen LogP contribution in [0.4, 0.5) is 13.2 Å². The summed E-state index contributed by atoms with van der Waals surface area (Å²) in [4.78, 5) is 0. The molecule has 0 bridgehead atoms. The van der Waals surface area contributed by atoms with Gasteiger partial charge in [0, 0.05) is 17.5 Å². The highest BCUT2D eigenvalue weighted by Gasteiger charge is 2.37. The fourth-order valence-electron chi connectivity index (χ4n) is 2.10. The molecular weight excluding hydrogens is 255 g/mol. The predicted octanol–water partition coefficient (Wildman–Crippen LogP) is 3.78. The molecule has 1 heterocycles. The molecule has 1 aromatic carbocycles. The van der Waals surface area contributed by atoms with Gasteiger partial charge in [-0.15, -0.1) is 0 Å². The Bertz CT molecular complexity index is 603. The van der Waals surface area contributed by atoms with Crippen molar-refractivity contribution in [3.8, 4) is 11.3 Å². The van der Waals surface area contributed by atoms with Crippen molar-refractivity contribution >= 4 is 0 Å². The number of benzene rings is 1. The summed E-state index contributed by atoms with van der Waals surface area (Å²) in [5.41, 5.74) is 5.47. The van der Waals surface area contributed by atoms with E-state index in [1.807, 2.05) is 0 Å². The van der Waals surface area contributed by atoms with Crippen LogP contribution in [0.3, 0.4) is 0 Å². The number of nitrogens with two attached hydrogens (primary N) is 1. The number of hydrogen-bond donors (Lipinski definition) is 1. The Morgan fingerprint density at radius 2 is 1.89 bits per heavy atom. The van der Waals surface area contributed by atoms with E-state index in [9.17, 15) is 13.2 Å². The van der Waals surface area contributed by atoms with Gasteiger partial charge in [-0.1, -0.05) is 12.1 Å². The van der Waals surface area contributed by atoms with Gasteiger partial charge in [-0.3, -0.25) is 0 Å². The quantitative estimate of drug-likeness (QED) is 0.899. The minimum Gasteiger partial charge on any atom is -0.461 e. The molecule has 0 saturated heterocycles. The van der Waals surface area contributed by atoms with Crippen LogP contribution in [0, 0.1) is 0 Å². The Morgan fingerprint density at radius 1 is 1.16 bits per heavy atom. The summed E-state index contributed by atoms with van der Waals surface area (Å²) in [6.07, 6.45) is -3.47. The molecule has 100 valence electrons. The second kappa shape index (κ2) is 4.13. The molecule has 0 unspecified atom stereocenters. The summed E-state index contributed by atoms with van der Waals surface area (Å²) in [7, 11) is 0. The number of furan rings is 1. The fraction of sp³-hybridized carbons (Fsp3) is 0.286. The van der Waals surface area contributed by atoms with E-state index in [1.54, 1.807) is 18.2 Å². The summed E-state index contributed by atoms with van der Waals surface area (Å²) in [5.74, 6) is 1.40. The van der Waals surface area contributed by atoms with Crippen molar-refractivity contribution in [2.45, 2.75) is 24.6 Å². The van der Waals surface area contributed by atoms with E-state index in [1.165, 1.54) is 6.07 Å². The van der Waals surface area contributed by atoms with Crippen LogP contribution in [-0.4, -0.2) is 6.04 Å². The van der Waals surface area contributed by atoms with Crippen molar-refractivity contribution < 1.29 is 17.6 Å². The van der Waals surface area contributed by atoms with Crippen LogP contribution >= 0.6 is 0 Å². The lowest BCUT2D eigenvalue weighted by Crippen LogP contribution is -2.04. The largest absolute Gasteiger partial charge is 0.461 e. The molecule has 0 spiro atoms. The maximum atomic E-state index is 12.6. The zero-order valence-corrected chi connectivity index (χ0v) is 9.95. The molecule has 0 amide bonds. The first kappa shape index (κ1) is 12.3. The Morgan fingerprint density at radius 3 is 2.53 bits per heavy atom. The highest BCUT2D eigenvalue weighted by molar-refractivity contribution is 5.59. The molecule has 1 aliphatic rings. The minimum atomic E-state index is -4.34. The summed E-state index contributed by atoms with van der Waals surface area (Å²) in [6, 6.07) is 8.71. The van der Waals surface area contributed by atoms with Crippen LogP contribution in [0.5, 0.6) is 0 Å². The Kier molecular flexibility index (Phi) is 2.67. The zero-order valence-electron chi connectivity index (χ0n) is 9.95. The highest BCUT2D eigenvalue weighted by atomic mass is 19.4. The second-order valence-corrected chi connectivity index (χ2v) is 4.79. The van der Waals surface area contributed by atoms with Crippen molar-refractivity contribution in [2.24, 2.45) is 5.73 Å². The van der Waals surface area contributed by atoms with Gasteiger partial charge in [0.1, 0.15) is 11.5 Å². The predicted molar refractivity (Wildman–Crippen MR) is 64.5 cm³/mol. The van der Waals surface area contributed by atoms with Crippen molar-refractivity contribution in [1.29, 1.82) is 0 Å². The first-order valence-corrected chi connectivity index (χ1v) is 5.98. The SMILES string of the molecule is N[C@H]1C[C@@H]1c1ccc(-c2cccc(C(F)(F)F)c2)o1. The number of hydrogen-bond acceptors (Lipinski definition) is 2. The van der Waals surface area contributed by atoms with E-state index in [0.717, 1.165) is 24.3 Å². The number of rotatable bonds is 2. The molecular formula is C14H12F3NO. The standard InChI is InChI=1S/C14H12F3NO/c15-14(16,17)9-3-1-2-8(6-9)12-4-5-13(19-12)10-7-11(10)18/h1-6,10-11H,7,18H2/t10-,11-/m0/s1. The summed E-state index contributed by atoms with van der Waals surface area (Å²) in [5, 5.41) is 0. The third kappa shape index (κ3) is 2.38. The van der Waals surface area contributed by atoms with Crippen molar-refractivity contribution in [3.05, 3.63) is 47.7 Å². The molecule has 2 nitrogen and oxygen atoms in total. The molecule has 5 heteroatoms. The molecule has 2 atom stereocenters. The Hall–Kier alpha value is -1.75. The van der Waals surface area contributed by atoms with E-state index in [-0.39, 0.29) is 12.0 Å². The first-order chi connectivity index (χ1) is 8.95. The van der Waals surface area contributed by atoms with Gasteiger partial charge in [0.2, 0.25) is 0 Å². The van der Waals surface area contributed by atoms with Crippen LogP contribution in [0.1, 0.15) is 23.7 Å². The molecule has 2 aromatic rings. The maximum absolute atomic E-state index is 12.6. The molecule has 0 aliphatic heterocycles. The van der Waals surface area contributed by atoms with Gasteiger partial charge in [-0.25, -0.2) is 0 Å². The average molecular weight is 267 g/mol. The lowest BCUT2D eigenvalue weighted by Gasteiger charge is -2.07. The third-order valence-corrected chi connectivity index (χ3v) is 3.31. The topological polar surface area (TPSA) is 39.2 Å². The van der Waals surface area contributed by atoms with E-state index in [0.29, 0.717) is 11.3 Å². The van der Waals surface area contributed by atoms with Crippen molar-refractivity contribution in [2.75, 3.05) is 0 Å². The van der Waals surface area contributed by atoms with Crippen molar-refractivity contribution in [3.63, 3.8) is 0 Å². The van der Waals surface area contributed by atoms with Crippen LogP contribution in [0.25, 0.3) is 11.3 Å². The molecule has 1 aromatic heterocycles. The lowest BCUT2D eigenvalue weighted by atomic mass is 10.1. The fourth-order valence-corrected chi connectivity index (χ4v) is 2.10. The van der Waals surface area contributed by atoms with Crippen molar-refractivity contribution in [1.82, 2.24) is 0 Å². The molecule has 1 aliphatic carbocycles. The average Bonchev–Trinajstić information content (AvgIpc) is 2.91. The van der Waals surface area contributed by atoms with Gasteiger partial charge < -0.3 is 10.2 Å². The van der Waals surface area contributed by atoms with Gasteiger partial charge in [0.15, 0.2) is 0 Å². The summed E-state index contributed by atoms with van der Waals surface area (Å²) < 4.78 is 43.5. The Labute approximate surface area is 108 Å². The molecule has 19 heavy (non-hydrogen) atoms. The van der Waals surface area contributed by atoms with Gasteiger partial charge in [0.05, 0.1) is 5.56 Å². The van der Waals surface area contributed by atoms with Gasteiger partial charge in [-0.05, 0) is 30.7 Å². The number of alkyl halides is 3. The normalized spacial score (nSPS) is 22.5. The highest BCUT2D eigenvalue weighted by Crippen LogP contribution is 2.41. The minimum absolute atomic E-state index is 0.112. The lowest BCUT2D eigenvalue weighted by molar-refractivity contribution is -0.137.